The van der Waals surface area contributed by atoms with E-state index in [1.807, 2.05) is 0 Å². The van der Waals surface area contributed by atoms with Crippen LogP contribution in [0.4, 0.5) is 4.79 Å². The molecule has 3 heterocycles. The second kappa shape index (κ2) is 53.0. The van der Waals surface area contributed by atoms with E-state index in [-0.39, 0.29) is 199 Å². The largest absolute Gasteiger partial charge is 0.463 e. The summed E-state index contributed by atoms with van der Waals surface area (Å²) in [7, 11) is 0. The van der Waals surface area contributed by atoms with Gasteiger partial charge in [-0.3, -0.25) is 43.2 Å². The van der Waals surface area contributed by atoms with Crippen molar-refractivity contribution in [2.75, 3.05) is 119 Å². The Kier molecular flexibility index (Phi) is 45.8. The molecule has 0 aliphatic carbocycles. The Morgan fingerprint density at radius 1 is 0.380 bits per heavy atom. The van der Waals surface area contributed by atoms with Gasteiger partial charge in [-0.05, 0) is 63.4 Å². The summed E-state index contributed by atoms with van der Waals surface area (Å²) in [5.41, 5.74) is 17.1. The summed E-state index contributed by atoms with van der Waals surface area (Å²) in [6.07, 6.45) is -11.8. The van der Waals surface area contributed by atoms with Crippen LogP contribution in [-0.4, -0.2) is 306 Å². The van der Waals surface area contributed by atoms with Gasteiger partial charge in [0.05, 0.1) is 57.8 Å². The van der Waals surface area contributed by atoms with Crippen LogP contribution in [0.15, 0.2) is 30.3 Å². The first-order chi connectivity index (χ1) is 51.7. The van der Waals surface area contributed by atoms with Crippen molar-refractivity contribution in [2.24, 2.45) is 17.2 Å². The first kappa shape index (κ1) is 93.4. The Morgan fingerprint density at radius 2 is 0.667 bits per heavy atom. The fraction of sp³-hybridized carbons (Fsp3) is 0.768. The van der Waals surface area contributed by atoms with E-state index < -0.39 is 121 Å². The highest BCUT2D eigenvalue weighted by Gasteiger charge is 2.46. The molecule has 3 saturated heterocycles. The molecule has 39 nitrogen and oxygen atoms in total. The van der Waals surface area contributed by atoms with Gasteiger partial charge in [-0.15, -0.1) is 0 Å². The molecule has 0 radical (unpaired) electrons. The molecule has 616 valence electrons. The third-order valence-corrected chi connectivity index (χ3v) is 17.0. The molecule has 15 atom stereocenters. The van der Waals surface area contributed by atoms with E-state index in [1.165, 1.54) is 20.8 Å². The maximum Gasteiger partial charge on any atom is 0.408 e. The minimum atomic E-state index is -1.54. The molecule has 0 saturated carbocycles. The number of amides is 7. The molecular formula is C69H116N10O29. The number of carbonyl (C=O) groups excluding carboxylic acids is 10. The molecule has 7 amide bonds. The fourth-order valence-corrected chi connectivity index (χ4v) is 10.7. The molecule has 0 spiro atoms. The highest BCUT2D eigenvalue weighted by molar-refractivity contribution is 5.78. The first-order valence-electron chi connectivity index (χ1n) is 36.6. The van der Waals surface area contributed by atoms with Crippen LogP contribution in [0.3, 0.4) is 0 Å². The van der Waals surface area contributed by atoms with E-state index in [0.29, 0.717) is 63.4 Å². The number of benzene rings is 1. The van der Waals surface area contributed by atoms with Crippen LogP contribution in [0, 0.1) is 0 Å². The van der Waals surface area contributed by atoms with Gasteiger partial charge in [0, 0.05) is 118 Å². The highest BCUT2D eigenvalue weighted by Crippen LogP contribution is 2.25. The molecule has 0 aromatic heterocycles. The van der Waals surface area contributed by atoms with Crippen LogP contribution >= 0.6 is 0 Å². The highest BCUT2D eigenvalue weighted by atomic mass is 16.7. The number of ether oxygens (including phenoxy) is 13. The topological polar surface area (TPSA) is 574 Å². The normalized spacial score (nSPS) is 24.5. The van der Waals surface area contributed by atoms with Gasteiger partial charge in [-0.1, -0.05) is 30.3 Å². The van der Waals surface area contributed by atoms with E-state index in [0.717, 1.165) is 0 Å². The van der Waals surface area contributed by atoms with Gasteiger partial charge in [0.2, 0.25) is 35.4 Å². The quantitative estimate of drug-likeness (QED) is 0.0166. The minimum Gasteiger partial charge on any atom is -0.463 e. The van der Waals surface area contributed by atoms with Crippen molar-refractivity contribution in [3.05, 3.63) is 35.9 Å². The predicted molar refractivity (Wildman–Crippen MR) is 376 cm³/mol. The van der Waals surface area contributed by atoms with E-state index in [9.17, 15) is 78.6 Å². The summed E-state index contributed by atoms with van der Waals surface area (Å²) >= 11 is 0. The molecule has 1 aromatic rings. The molecule has 39 heteroatoms. The third kappa shape index (κ3) is 38.1. The van der Waals surface area contributed by atoms with Gasteiger partial charge in [0.1, 0.15) is 86.9 Å². The van der Waals surface area contributed by atoms with Crippen LogP contribution in [0.25, 0.3) is 0 Å². The SMILES string of the molecule is CC(=O)OCC1O[C@@H](OCCCCC(=O)NCCCNC(=O)CCOCC(COCCC(=O)NCCCNC(=O)CCCCO[C@@H]2OC(COC(C)=O)[C@H](O)[C@H](O)C2N)(COCCC(=O)NCCCNC(=O)CCCCO[C@@H]2OC(COC(C)=O)[C@H](O)[C@H](O)C2N)NC(=O)OCc2ccccc2)[C@@H](N)C(O)[C@H]1O. The molecular weight excluding hydrogens is 1430 g/mol. The number of alkyl carbamates (subject to hydrolysis) is 1. The second-order valence-electron chi connectivity index (χ2n) is 26.2. The Balaban J connectivity index is 1.22. The molecule has 6 unspecified atom stereocenters. The molecule has 0 bridgehead atoms. The lowest BCUT2D eigenvalue weighted by Crippen LogP contribution is -2.62. The molecule has 108 heavy (non-hydrogen) atoms. The third-order valence-electron chi connectivity index (χ3n) is 17.0. The summed E-state index contributed by atoms with van der Waals surface area (Å²) in [6, 6.07) is 5.64. The molecule has 1 aromatic carbocycles. The van der Waals surface area contributed by atoms with Crippen LogP contribution in [0.5, 0.6) is 0 Å². The Labute approximate surface area is 627 Å². The maximum absolute atomic E-state index is 13.6. The van der Waals surface area contributed by atoms with E-state index >= 15 is 0 Å². The summed E-state index contributed by atoms with van der Waals surface area (Å²) in [6.45, 7) is 2.89. The summed E-state index contributed by atoms with van der Waals surface area (Å²) in [5.74, 6) is -3.65. The maximum atomic E-state index is 13.6. The smallest absolute Gasteiger partial charge is 0.408 e. The Bertz CT molecular complexity index is 2580. The van der Waals surface area contributed by atoms with Crippen molar-refractivity contribution in [3.63, 3.8) is 0 Å². The fourth-order valence-electron chi connectivity index (χ4n) is 10.7. The van der Waals surface area contributed by atoms with Gasteiger partial charge in [0.25, 0.3) is 0 Å². The lowest BCUT2D eigenvalue weighted by atomic mass is 9.98. The molecule has 4 rings (SSSR count). The van der Waals surface area contributed by atoms with Gasteiger partial charge >= 0.3 is 24.0 Å². The zero-order chi connectivity index (χ0) is 79.2. The number of nitrogens with one attached hydrogen (secondary N) is 7. The van der Waals surface area contributed by atoms with Crippen LogP contribution in [0.1, 0.15) is 123 Å². The minimum absolute atomic E-state index is 0.119. The van der Waals surface area contributed by atoms with Crippen LogP contribution < -0.4 is 54.4 Å². The number of rotatable bonds is 54. The number of unbranched alkanes of at least 4 members (excludes halogenated alkanes) is 3. The Hall–Kier alpha value is -7.00. The molecule has 3 aliphatic heterocycles. The van der Waals surface area contributed by atoms with Gasteiger partial charge in [-0.25, -0.2) is 4.79 Å². The molecule has 3 fully saturated rings. The Morgan fingerprint density at radius 3 is 0.954 bits per heavy atom. The van der Waals surface area contributed by atoms with Crippen molar-refractivity contribution < 1.29 is 140 Å². The summed E-state index contributed by atoms with van der Waals surface area (Å²) < 4.78 is 72.2. The zero-order valence-electron chi connectivity index (χ0n) is 61.9. The van der Waals surface area contributed by atoms with Gasteiger partial charge in [-0.2, -0.15) is 0 Å². The number of nitrogens with two attached hydrogens (primary N) is 3. The van der Waals surface area contributed by atoms with Crippen molar-refractivity contribution in [1.82, 2.24) is 37.2 Å². The number of aliphatic hydroxyl groups is 6. The lowest BCUT2D eigenvalue weighted by Gasteiger charge is -2.40. The summed E-state index contributed by atoms with van der Waals surface area (Å²) in [5, 5.41) is 81.3. The van der Waals surface area contributed by atoms with Crippen LogP contribution in [0.2, 0.25) is 0 Å². The van der Waals surface area contributed by atoms with E-state index in [4.69, 9.17) is 78.8 Å². The summed E-state index contributed by atoms with van der Waals surface area (Å²) in [4.78, 5) is 124. The average Bonchev–Trinajstić information content (AvgIpc) is 0.827. The molecule has 3 aliphatic rings. The van der Waals surface area contributed by atoms with Crippen molar-refractivity contribution in [1.29, 1.82) is 0 Å². The van der Waals surface area contributed by atoms with Gasteiger partial charge < -0.3 is 147 Å². The second-order valence-corrected chi connectivity index (χ2v) is 26.2. The van der Waals surface area contributed by atoms with Crippen molar-refractivity contribution >= 4 is 59.4 Å². The molecule has 19 N–H and O–H groups in total. The van der Waals surface area contributed by atoms with E-state index in [2.05, 4.69) is 37.2 Å². The van der Waals surface area contributed by atoms with Crippen molar-refractivity contribution in [3.8, 4) is 0 Å². The van der Waals surface area contributed by atoms with Crippen LogP contribution in [-0.2, 0) is 111 Å². The number of carbonyl (C=O) groups is 10. The first-order valence-corrected chi connectivity index (χ1v) is 36.6. The number of hydrogen-bond acceptors (Lipinski definition) is 32. The average molecular weight is 1550 g/mol. The van der Waals surface area contributed by atoms with E-state index in [1.54, 1.807) is 30.3 Å². The zero-order valence-corrected chi connectivity index (χ0v) is 61.9. The lowest BCUT2D eigenvalue weighted by molar-refractivity contribution is -0.267. The van der Waals surface area contributed by atoms with Gasteiger partial charge in [0.15, 0.2) is 18.9 Å². The predicted octanol–water partition coefficient (Wildman–Crippen LogP) is -4.69. The number of aliphatic hydroxyl groups excluding tert-OH is 6. The standard InChI is InChI=1S/C69H116N10O29/c1-43(80)102-37-47-59(89)62(92)56(70)65(106-47)99-30-10-7-18-50(83)73-24-13-27-76-53(86)21-33-96-40-69(79-68(95)105-36-46-16-5-4-6-17-46,41-97-34-22-54(87)77-28-14-25-74-51(84)19-8-11-31-100-66-57(71)63(93)60(90)48(107-66)38-103-44(2)81)42-98-35-23-55(88)78-29-15-26-75-52(85)20-9-12-32-101-67-58(72)64(94)61(91)49(108-67)39-104-45(3)82/h4-6,16-17,47-49,56-67,89-94H,7-15,18-42,70-72H2,1-3H3,(H,73,83)(H,74,84)(H,75,85)(H,76,86)(H,77,87)(H,78,88)(H,79,95)/t47?,48?,49?,56-,57?,58?,59-,60-,61-,62?,63+,64+,65+,66+,67+,69?/m0/s1. The number of hydrogen-bond donors (Lipinski definition) is 16. The number of esters is 3. The van der Waals surface area contributed by atoms with Crippen molar-refractivity contribution in [2.45, 2.75) is 221 Å². The monoisotopic (exact) mass is 1550 g/mol.